The minimum atomic E-state index is -0.803. The van der Waals surface area contributed by atoms with Crippen LogP contribution < -0.4 is 0 Å². The molecule has 0 aromatic carbocycles. The van der Waals surface area contributed by atoms with Gasteiger partial charge in [0, 0.05) is 20.0 Å². The standard InChI is InChI=1S/C11H23NO2/c1-9(2)6-7-10(13)12(5)8-11(3,4)14/h9,14H,6-8H2,1-5H3. The molecule has 0 bridgehead atoms. The first kappa shape index (κ1) is 13.4. The Bertz CT molecular complexity index is 182. The van der Waals surface area contributed by atoms with Gasteiger partial charge in [0.2, 0.25) is 5.91 Å². The molecule has 14 heavy (non-hydrogen) atoms. The molecule has 1 amide bonds. The van der Waals surface area contributed by atoms with Gasteiger partial charge in [0.15, 0.2) is 0 Å². The number of nitrogens with zero attached hydrogens (tertiary/aromatic N) is 1. The Labute approximate surface area is 87.1 Å². The highest BCUT2D eigenvalue weighted by atomic mass is 16.3. The van der Waals surface area contributed by atoms with E-state index in [1.165, 1.54) is 0 Å². The fraction of sp³-hybridized carbons (Fsp3) is 0.909. The van der Waals surface area contributed by atoms with E-state index in [1.54, 1.807) is 25.8 Å². The van der Waals surface area contributed by atoms with Crippen LogP contribution in [0.25, 0.3) is 0 Å². The molecular formula is C11H23NO2. The quantitative estimate of drug-likeness (QED) is 0.734. The van der Waals surface area contributed by atoms with E-state index in [1.807, 2.05) is 0 Å². The van der Waals surface area contributed by atoms with Crippen molar-refractivity contribution in [2.24, 2.45) is 5.92 Å². The zero-order valence-electron chi connectivity index (χ0n) is 10.0. The number of carbonyl (C=O) groups excluding carboxylic acids is 1. The van der Waals surface area contributed by atoms with Gasteiger partial charge >= 0.3 is 0 Å². The van der Waals surface area contributed by atoms with Crippen molar-refractivity contribution < 1.29 is 9.90 Å². The molecule has 3 heteroatoms. The topological polar surface area (TPSA) is 40.5 Å². The molecule has 0 aliphatic rings. The maximum Gasteiger partial charge on any atom is 0.222 e. The van der Waals surface area contributed by atoms with Gasteiger partial charge in [-0.25, -0.2) is 0 Å². The van der Waals surface area contributed by atoms with Crippen LogP contribution in [0.15, 0.2) is 0 Å². The highest BCUT2D eigenvalue weighted by Gasteiger charge is 2.18. The van der Waals surface area contributed by atoms with Crippen LogP contribution in [0.5, 0.6) is 0 Å². The van der Waals surface area contributed by atoms with E-state index in [2.05, 4.69) is 13.8 Å². The molecule has 0 rings (SSSR count). The minimum Gasteiger partial charge on any atom is -0.389 e. The maximum atomic E-state index is 11.5. The molecule has 0 aromatic rings. The molecule has 84 valence electrons. The lowest BCUT2D eigenvalue weighted by atomic mass is 10.1. The number of hydrogen-bond donors (Lipinski definition) is 1. The summed E-state index contributed by atoms with van der Waals surface area (Å²) < 4.78 is 0. The minimum absolute atomic E-state index is 0.112. The fourth-order valence-corrected chi connectivity index (χ4v) is 1.27. The molecule has 0 heterocycles. The normalized spacial score (nSPS) is 11.9. The predicted molar refractivity (Wildman–Crippen MR) is 58.0 cm³/mol. The summed E-state index contributed by atoms with van der Waals surface area (Å²) in [6.07, 6.45) is 1.49. The van der Waals surface area contributed by atoms with Crippen molar-refractivity contribution in [2.45, 2.75) is 46.1 Å². The lowest BCUT2D eigenvalue weighted by Gasteiger charge is -2.25. The summed E-state index contributed by atoms with van der Waals surface area (Å²) in [6, 6.07) is 0. The third-order valence-corrected chi connectivity index (χ3v) is 1.99. The van der Waals surface area contributed by atoms with Crippen LogP contribution in [0.1, 0.15) is 40.5 Å². The molecule has 0 unspecified atom stereocenters. The monoisotopic (exact) mass is 201 g/mol. The van der Waals surface area contributed by atoms with E-state index in [0.717, 1.165) is 6.42 Å². The first-order valence-electron chi connectivity index (χ1n) is 5.18. The zero-order chi connectivity index (χ0) is 11.4. The average molecular weight is 201 g/mol. The van der Waals surface area contributed by atoms with E-state index in [4.69, 9.17) is 0 Å². The lowest BCUT2D eigenvalue weighted by Crippen LogP contribution is -2.39. The summed E-state index contributed by atoms with van der Waals surface area (Å²) in [6.45, 7) is 8.01. The van der Waals surface area contributed by atoms with Crippen LogP contribution in [0.4, 0.5) is 0 Å². The van der Waals surface area contributed by atoms with Crippen molar-refractivity contribution in [3.05, 3.63) is 0 Å². The van der Waals surface area contributed by atoms with Crippen molar-refractivity contribution in [3.8, 4) is 0 Å². The number of rotatable bonds is 5. The van der Waals surface area contributed by atoms with Crippen LogP contribution in [0.3, 0.4) is 0 Å². The van der Waals surface area contributed by atoms with E-state index < -0.39 is 5.60 Å². The molecule has 0 aliphatic heterocycles. The Morgan fingerprint density at radius 2 is 1.93 bits per heavy atom. The Hall–Kier alpha value is -0.570. The number of aliphatic hydroxyl groups is 1. The van der Waals surface area contributed by atoms with Gasteiger partial charge in [0.05, 0.1) is 5.60 Å². The third-order valence-electron chi connectivity index (χ3n) is 1.99. The van der Waals surface area contributed by atoms with Gasteiger partial charge in [-0.1, -0.05) is 13.8 Å². The molecule has 0 aromatic heterocycles. The van der Waals surface area contributed by atoms with Crippen molar-refractivity contribution in [1.29, 1.82) is 0 Å². The first-order valence-corrected chi connectivity index (χ1v) is 5.18. The fourth-order valence-electron chi connectivity index (χ4n) is 1.27. The highest BCUT2D eigenvalue weighted by molar-refractivity contribution is 5.75. The molecule has 0 radical (unpaired) electrons. The molecule has 1 N–H and O–H groups in total. The van der Waals surface area contributed by atoms with Gasteiger partial charge in [-0.3, -0.25) is 4.79 Å². The van der Waals surface area contributed by atoms with Gasteiger partial charge < -0.3 is 10.0 Å². The Kier molecular flexibility index (Phi) is 5.13. The summed E-state index contributed by atoms with van der Waals surface area (Å²) in [5.74, 6) is 0.662. The van der Waals surface area contributed by atoms with Crippen LogP contribution >= 0.6 is 0 Å². The molecular weight excluding hydrogens is 178 g/mol. The van der Waals surface area contributed by atoms with Crippen molar-refractivity contribution in [3.63, 3.8) is 0 Å². The van der Waals surface area contributed by atoms with Crippen molar-refractivity contribution >= 4 is 5.91 Å². The van der Waals surface area contributed by atoms with Gasteiger partial charge in [-0.2, -0.15) is 0 Å². The van der Waals surface area contributed by atoms with Crippen LogP contribution in [-0.4, -0.2) is 35.1 Å². The summed E-state index contributed by atoms with van der Waals surface area (Å²) in [5.41, 5.74) is -0.803. The summed E-state index contributed by atoms with van der Waals surface area (Å²) >= 11 is 0. The predicted octanol–water partition coefficient (Wildman–Crippen LogP) is 1.65. The second-order valence-corrected chi connectivity index (χ2v) is 4.99. The SMILES string of the molecule is CC(C)CCC(=O)N(C)CC(C)(C)O. The third kappa shape index (κ3) is 6.89. The molecule has 3 nitrogen and oxygen atoms in total. The van der Waals surface area contributed by atoms with E-state index in [9.17, 15) is 9.90 Å². The second kappa shape index (κ2) is 5.35. The van der Waals surface area contributed by atoms with Crippen LogP contribution in [0, 0.1) is 5.92 Å². The van der Waals surface area contributed by atoms with Gasteiger partial charge in [-0.05, 0) is 26.2 Å². The molecule has 0 aliphatic carbocycles. The number of hydrogen-bond acceptors (Lipinski definition) is 2. The number of amides is 1. The molecule has 0 saturated heterocycles. The van der Waals surface area contributed by atoms with Gasteiger partial charge in [0.25, 0.3) is 0 Å². The van der Waals surface area contributed by atoms with Crippen molar-refractivity contribution in [2.75, 3.05) is 13.6 Å². The number of likely N-dealkylation sites (N-methyl/N-ethyl adjacent to an activating group) is 1. The van der Waals surface area contributed by atoms with Crippen LogP contribution in [-0.2, 0) is 4.79 Å². The Balaban J connectivity index is 3.88. The highest BCUT2D eigenvalue weighted by Crippen LogP contribution is 2.08. The molecule has 0 fully saturated rings. The average Bonchev–Trinajstić information content (AvgIpc) is 1.96. The lowest BCUT2D eigenvalue weighted by molar-refractivity contribution is -0.132. The molecule has 0 spiro atoms. The van der Waals surface area contributed by atoms with Crippen molar-refractivity contribution in [1.82, 2.24) is 4.90 Å². The van der Waals surface area contributed by atoms with E-state index in [-0.39, 0.29) is 5.91 Å². The van der Waals surface area contributed by atoms with Crippen LogP contribution in [0.2, 0.25) is 0 Å². The van der Waals surface area contributed by atoms with E-state index >= 15 is 0 Å². The Morgan fingerprint density at radius 3 is 2.29 bits per heavy atom. The smallest absolute Gasteiger partial charge is 0.222 e. The molecule has 0 saturated carbocycles. The van der Waals surface area contributed by atoms with Gasteiger partial charge in [-0.15, -0.1) is 0 Å². The maximum absolute atomic E-state index is 11.5. The first-order chi connectivity index (χ1) is 6.22. The Morgan fingerprint density at radius 1 is 1.43 bits per heavy atom. The second-order valence-electron chi connectivity index (χ2n) is 4.99. The summed E-state index contributed by atoms with van der Waals surface area (Å²) in [5, 5.41) is 9.52. The molecule has 0 atom stereocenters. The summed E-state index contributed by atoms with van der Waals surface area (Å²) in [4.78, 5) is 13.1. The van der Waals surface area contributed by atoms with E-state index in [0.29, 0.717) is 18.9 Å². The summed E-state index contributed by atoms with van der Waals surface area (Å²) in [7, 11) is 1.74. The van der Waals surface area contributed by atoms with Gasteiger partial charge in [0.1, 0.15) is 0 Å². The largest absolute Gasteiger partial charge is 0.389 e. The zero-order valence-corrected chi connectivity index (χ0v) is 10.0. The number of carbonyl (C=O) groups is 1.